The summed E-state index contributed by atoms with van der Waals surface area (Å²) in [6.07, 6.45) is 2.26. The van der Waals surface area contributed by atoms with Gasteiger partial charge in [0.05, 0.1) is 17.5 Å². The second-order valence-electron chi connectivity index (χ2n) is 9.23. The molecule has 2 N–H and O–H groups in total. The molecule has 0 aliphatic carbocycles. The number of carbonyl (C=O) groups is 2. The number of benzene rings is 1. The molecule has 0 bridgehead atoms. The Hall–Kier alpha value is -1.97. The molecule has 0 aromatic heterocycles. The van der Waals surface area contributed by atoms with Crippen LogP contribution in [-0.2, 0) is 24.3 Å². The summed E-state index contributed by atoms with van der Waals surface area (Å²) >= 11 is 0. The zero-order valence-corrected chi connectivity index (χ0v) is 20.6. The number of amides is 2. The molecule has 1 aromatic carbocycles. The van der Waals surface area contributed by atoms with Crippen LogP contribution in [0.25, 0.3) is 0 Å². The summed E-state index contributed by atoms with van der Waals surface area (Å²) in [5, 5.41) is 3.03. The van der Waals surface area contributed by atoms with Crippen LogP contribution in [0.1, 0.15) is 53.9 Å². The van der Waals surface area contributed by atoms with Crippen LogP contribution >= 0.6 is 0 Å². The van der Waals surface area contributed by atoms with Crippen LogP contribution in [0.5, 0.6) is 0 Å². The molecule has 1 fully saturated rings. The molecule has 32 heavy (non-hydrogen) atoms. The monoisotopic (exact) mass is 467 g/mol. The number of nitrogens with zero attached hydrogens (tertiary/aromatic N) is 1. The minimum absolute atomic E-state index is 0.0846. The van der Waals surface area contributed by atoms with E-state index in [0.29, 0.717) is 6.61 Å². The second kappa shape index (κ2) is 11.2. The maximum atomic E-state index is 13.3. The zero-order chi connectivity index (χ0) is 23.9. The van der Waals surface area contributed by atoms with Crippen molar-refractivity contribution in [1.29, 1.82) is 0 Å². The van der Waals surface area contributed by atoms with Gasteiger partial charge in [0, 0.05) is 18.7 Å². The predicted octanol–water partition coefficient (Wildman–Crippen LogP) is 2.30. The lowest BCUT2D eigenvalue weighted by Crippen LogP contribution is -2.59. The molecule has 0 radical (unpaired) electrons. The van der Waals surface area contributed by atoms with Gasteiger partial charge in [-0.05, 0) is 51.2 Å². The van der Waals surface area contributed by atoms with Gasteiger partial charge in [0.25, 0.3) is 0 Å². The van der Waals surface area contributed by atoms with Crippen LogP contribution in [0.15, 0.2) is 35.2 Å². The fourth-order valence-corrected chi connectivity index (χ4v) is 4.62. The summed E-state index contributed by atoms with van der Waals surface area (Å²) in [5.41, 5.74) is -0.419. The van der Waals surface area contributed by atoms with Crippen molar-refractivity contribution in [2.24, 2.45) is 5.92 Å². The normalized spacial score (nSPS) is 17.9. The Kier molecular flexibility index (Phi) is 9.24. The lowest BCUT2D eigenvalue weighted by Gasteiger charge is -2.37. The highest BCUT2D eigenvalue weighted by molar-refractivity contribution is 7.89. The Labute approximate surface area is 192 Å². The first-order valence-electron chi connectivity index (χ1n) is 11.2. The third-order valence-electron chi connectivity index (χ3n) is 5.79. The Morgan fingerprint density at radius 2 is 1.88 bits per heavy atom. The van der Waals surface area contributed by atoms with Crippen LogP contribution in [0.4, 0.5) is 0 Å². The molecule has 2 amide bonds. The van der Waals surface area contributed by atoms with E-state index >= 15 is 0 Å². The lowest BCUT2D eigenvalue weighted by molar-refractivity contribution is -0.144. The van der Waals surface area contributed by atoms with Gasteiger partial charge in [-0.15, -0.1) is 0 Å². The SMILES string of the molecule is CCC(C)(C)NC(=O)C(C(C)C)N(CC1CCCO1)C(=O)CNS(=O)(=O)c1ccccc1. The van der Waals surface area contributed by atoms with Crippen LogP contribution in [0, 0.1) is 5.92 Å². The highest BCUT2D eigenvalue weighted by Gasteiger charge is 2.36. The number of hydrogen-bond acceptors (Lipinski definition) is 5. The number of hydrogen-bond donors (Lipinski definition) is 2. The average Bonchev–Trinajstić information content (AvgIpc) is 3.25. The minimum atomic E-state index is -3.84. The first-order chi connectivity index (χ1) is 15.0. The van der Waals surface area contributed by atoms with Gasteiger partial charge in [-0.25, -0.2) is 13.1 Å². The predicted molar refractivity (Wildman–Crippen MR) is 123 cm³/mol. The van der Waals surface area contributed by atoms with Crippen molar-refractivity contribution in [3.05, 3.63) is 30.3 Å². The van der Waals surface area contributed by atoms with Crippen molar-refractivity contribution in [2.45, 2.75) is 76.5 Å². The van der Waals surface area contributed by atoms with E-state index < -0.39 is 34.1 Å². The van der Waals surface area contributed by atoms with Gasteiger partial charge < -0.3 is 15.0 Å². The third kappa shape index (κ3) is 7.28. The summed E-state index contributed by atoms with van der Waals surface area (Å²) < 4.78 is 33.3. The number of nitrogens with one attached hydrogen (secondary N) is 2. The van der Waals surface area contributed by atoms with Crippen molar-refractivity contribution in [2.75, 3.05) is 19.7 Å². The van der Waals surface area contributed by atoms with Crippen molar-refractivity contribution in [3.8, 4) is 0 Å². The number of carbonyl (C=O) groups excluding carboxylic acids is 2. The van der Waals surface area contributed by atoms with Crippen LogP contribution in [0.2, 0.25) is 0 Å². The molecule has 1 aromatic rings. The molecule has 180 valence electrons. The maximum absolute atomic E-state index is 13.3. The third-order valence-corrected chi connectivity index (χ3v) is 7.21. The van der Waals surface area contributed by atoms with Crippen molar-refractivity contribution >= 4 is 21.8 Å². The number of sulfonamides is 1. The van der Waals surface area contributed by atoms with Crippen LogP contribution in [0.3, 0.4) is 0 Å². The van der Waals surface area contributed by atoms with Crippen LogP contribution < -0.4 is 10.0 Å². The van der Waals surface area contributed by atoms with Gasteiger partial charge in [0.1, 0.15) is 6.04 Å². The molecule has 1 saturated heterocycles. The highest BCUT2D eigenvalue weighted by atomic mass is 32.2. The Balaban J connectivity index is 2.23. The van der Waals surface area contributed by atoms with E-state index in [4.69, 9.17) is 4.74 Å². The molecule has 2 unspecified atom stereocenters. The molecule has 1 aliphatic heterocycles. The van der Waals surface area contributed by atoms with Gasteiger partial charge in [-0.3, -0.25) is 9.59 Å². The zero-order valence-electron chi connectivity index (χ0n) is 19.8. The summed E-state index contributed by atoms with van der Waals surface area (Å²) in [6.45, 7) is 10.0. The molecule has 0 spiro atoms. The average molecular weight is 468 g/mol. The fourth-order valence-electron chi connectivity index (χ4n) is 3.62. The van der Waals surface area contributed by atoms with Gasteiger partial charge in [0.15, 0.2) is 0 Å². The van der Waals surface area contributed by atoms with Gasteiger partial charge >= 0.3 is 0 Å². The topological polar surface area (TPSA) is 105 Å². The largest absolute Gasteiger partial charge is 0.376 e. The lowest BCUT2D eigenvalue weighted by atomic mass is 9.96. The molecule has 1 heterocycles. The Bertz CT molecular complexity index is 865. The van der Waals surface area contributed by atoms with E-state index in [9.17, 15) is 18.0 Å². The maximum Gasteiger partial charge on any atom is 0.243 e. The van der Waals surface area contributed by atoms with Gasteiger partial charge in [-0.2, -0.15) is 0 Å². The van der Waals surface area contributed by atoms with Gasteiger partial charge in [0.2, 0.25) is 21.8 Å². The summed E-state index contributed by atoms with van der Waals surface area (Å²) in [5.74, 6) is -0.869. The molecule has 2 rings (SSSR count). The molecular formula is C23H37N3O5S. The van der Waals surface area contributed by atoms with E-state index in [1.54, 1.807) is 18.2 Å². The quantitative estimate of drug-likeness (QED) is 0.520. The van der Waals surface area contributed by atoms with Crippen LogP contribution in [-0.4, -0.2) is 62.5 Å². The smallest absolute Gasteiger partial charge is 0.243 e. The van der Waals surface area contributed by atoms with Crippen molar-refractivity contribution in [3.63, 3.8) is 0 Å². The number of rotatable bonds is 11. The van der Waals surface area contributed by atoms with E-state index in [0.717, 1.165) is 19.3 Å². The molecule has 2 atom stereocenters. The Morgan fingerprint density at radius 1 is 1.22 bits per heavy atom. The standard InChI is InChI=1S/C23H37N3O5S/c1-6-23(4,5)25-22(28)21(17(2)3)26(16-18-11-10-14-31-18)20(27)15-24-32(29,30)19-12-8-7-9-13-19/h7-9,12-13,17-18,21,24H,6,10-11,14-16H2,1-5H3,(H,25,28). The summed E-state index contributed by atoms with van der Waals surface area (Å²) in [7, 11) is -3.84. The molecule has 1 aliphatic rings. The van der Waals surface area contributed by atoms with E-state index in [1.165, 1.54) is 17.0 Å². The highest BCUT2D eigenvalue weighted by Crippen LogP contribution is 2.20. The summed E-state index contributed by atoms with van der Waals surface area (Å²) in [4.78, 5) is 28.0. The van der Waals surface area contributed by atoms with Crippen molar-refractivity contribution < 1.29 is 22.7 Å². The molecule has 8 nitrogen and oxygen atoms in total. The van der Waals surface area contributed by atoms with E-state index in [-0.39, 0.29) is 29.4 Å². The molecule has 0 saturated carbocycles. The first-order valence-corrected chi connectivity index (χ1v) is 12.7. The molecular weight excluding hydrogens is 430 g/mol. The fraction of sp³-hybridized carbons (Fsp3) is 0.652. The van der Waals surface area contributed by atoms with Crippen molar-refractivity contribution in [1.82, 2.24) is 14.9 Å². The number of ether oxygens (including phenoxy) is 1. The second-order valence-corrected chi connectivity index (χ2v) is 11.0. The van der Waals surface area contributed by atoms with E-state index in [1.807, 2.05) is 34.6 Å². The first kappa shape index (κ1) is 26.3. The van der Waals surface area contributed by atoms with Gasteiger partial charge in [-0.1, -0.05) is 39.0 Å². The summed E-state index contributed by atoms with van der Waals surface area (Å²) in [6, 6.07) is 7.15. The molecule has 9 heteroatoms. The van der Waals surface area contributed by atoms with E-state index in [2.05, 4.69) is 10.0 Å². The Morgan fingerprint density at radius 3 is 2.41 bits per heavy atom. The minimum Gasteiger partial charge on any atom is -0.376 e.